The van der Waals surface area contributed by atoms with Gasteiger partial charge < -0.3 is 10.2 Å². The second-order valence-corrected chi connectivity index (χ2v) is 6.32. The van der Waals surface area contributed by atoms with Gasteiger partial charge in [-0.15, -0.1) is 11.3 Å². The molecule has 2 heterocycles. The highest BCUT2D eigenvalue weighted by atomic mass is 32.1. The third-order valence-corrected chi connectivity index (χ3v) is 5.16. The summed E-state index contributed by atoms with van der Waals surface area (Å²) in [5.74, 6) is 0.219. The van der Waals surface area contributed by atoms with Gasteiger partial charge in [-0.1, -0.05) is 20.8 Å². The molecule has 0 saturated carbocycles. The van der Waals surface area contributed by atoms with Crippen LogP contribution in [0.15, 0.2) is 12.1 Å². The Morgan fingerprint density at radius 2 is 2.16 bits per heavy atom. The second-order valence-electron chi connectivity index (χ2n) is 5.15. The van der Waals surface area contributed by atoms with Gasteiger partial charge in [0.25, 0.3) is 5.91 Å². The first-order chi connectivity index (χ1) is 9.19. The Hall–Kier alpha value is -0.870. The lowest BCUT2D eigenvalue weighted by Gasteiger charge is -2.39. The van der Waals surface area contributed by atoms with Crippen LogP contribution in [0, 0.1) is 0 Å². The van der Waals surface area contributed by atoms with E-state index in [0.717, 1.165) is 37.2 Å². The fourth-order valence-electron chi connectivity index (χ4n) is 2.58. The molecule has 4 heteroatoms. The van der Waals surface area contributed by atoms with Crippen molar-refractivity contribution in [3.63, 3.8) is 0 Å². The highest BCUT2D eigenvalue weighted by Crippen LogP contribution is 2.22. The van der Waals surface area contributed by atoms with Crippen molar-refractivity contribution in [1.29, 1.82) is 0 Å². The monoisotopic (exact) mass is 280 g/mol. The molecule has 19 heavy (non-hydrogen) atoms. The lowest BCUT2D eigenvalue weighted by atomic mass is 10.0. The average Bonchev–Trinajstić information content (AvgIpc) is 2.94. The van der Waals surface area contributed by atoms with E-state index in [1.54, 1.807) is 11.3 Å². The third-order valence-electron chi connectivity index (χ3n) is 3.95. The number of piperazine rings is 1. The summed E-state index contributed by atoms with van der Waals surface area (Å²) in [5.41, 5.74) is 0. The van der Waals surface area contributed by atoms with E-state index in [4.69, 9.17) is 0 Å². The molecule has 1 aromatic rings. The molecular formula is C15H24N2OS. The van der Waals surface area contributed by atoms with Crippen LogP contribution in [0.25, 0.3) is 0 Å². The fraction of sp³-hybridized carbons (Fsp3) is 0.667. The van der Waals surface area contributed by atoms with Crippen molar-refractivity contribution in [2.24, 2.45) is 0 Å². The molecule has 1 aliphatic rings. The smallest absolute Gasteiger partial charge is 0.264 e. The van der Waals surface area contributed by atoms with Crippen molar-refractivity contribution in [2.45, 2.75) is 52.1 Å². The van der Waals surface area contributed by atoms with E-state index >= 15 is 0 Å². The minimum Gasteiger partial charge on any atom is -0.332 e. The normalized spacial score (nSPS) is 23.6. The number of hydrogen-bond acceptors (Lipinski definition) is 3. The van der Waals surface area contributed by atoms with Crippen LogP contribution in [0.5, 0.6) is 0 Å². The van der Waals surface area contributed by atoms with Crippen molar-refractivity contribution >= 4 is 17.2 Å². The molecule has 0 radical (unpaired) electrons. The maximum Gasteiger partial charge on any atom is 0.264 e. The quantitative estimate of drug-likeness (QED) is 0.919. The Labute approximate surface area is 120 Å². The Morgan fingerprint density at radius 3 is 2.74 bits per heavy atom. The lowest BCUT2D eigenvalue weighted by Crippen LogP contribution is -2.57. The van der Waals surface area contributed by atoms with Crippen molar-refractivity contribution in [3.05, 3.63) is 21.9 Å². The predicted molar refractivity (Wildman–Crippen MR) is 80.9 cm³/mol. The molecular weight excluding hydrogens is 256 g/mol. The largest absolute Gasteiger partial charge is 0.332 e. The van der Waals surface area contributed by atoms with Crippen LogP contribution in [-0.2, 0) is 6.42 Å². The van der Waals surface area contributed by atoms with Crippen molar-refractivity contribution in [2.75, 3.05) is 13.1 Å². The summed E-state index contributed by atoms with van der Waals surface area (Å²) in [5, 5.41) is 3.53. The minimum absolute atomic E-state index is 0.219. The zero-order valence-electron chi connectivity index (χ0n) is 12.1. The molecule has 106 valence electrons. The number of nitrogens with one attached hydrogen (secondary N) is 1. The molecule has 1 aromatic heterocycles. The molecule has 1 N–H and O–H groups in total. The molecule has 2 rings (SSSR count). The predicted octanol–water partition coefficient (Wildman–Crippen LogP) is 2.91. The first-order valence-corrected chi connectivity index (χ1v) is 8.14. The van der Waals surface area contributed by atoms with E-state index in [1.165, 1.54) is 4.88 Å². The van der Waals surface area contributed by atoms with E-state index in [0.29, 0.717) is 12.1 Å². The molecule has 0 aromatic carbocycles. The van der Waals surface area contributed by atoms with Gasteiger partial charge in [-0.05, 0) is 31.4 Å². The maximum atomic E-state index is 12.7. The number of thiophene rings is 1. The van der Waals surface area contributed by atoms with Gasteiger partial charge in [-0.25, -0.2) is 0 Å². The van der Waals surface area contributed by atoms with Gasteiger partial charge in [-0.3, -0.25) is 4.79 Å². The summed E-state index contributed by atoms with van der Waals surface area (Å²) in [6.45, 7) is 8.23. The van der Waals surface area contributed by atoms with E-state index in [-0.39, 0.29) is 5.91 Å². The maximum absolute atomic E-state index is 12.7. The van der Waals surface area contributed by atoms with Gasteiger partial charge in [0.1, 0.15) is 0 Å². The Kier molecular flexibility index (Phi) is 4.99. The molecule has 3 nitrogen and oxygen atoms in total. The van der Waals surface area contributed by atoms with E-state index in [1.807, 2.05) is 6.07 Å². The minimum atomic E-state index is 0.219. The summed E-state index contributed by atoms with van der Waals surface area (Å²) >= 11 is 1.64. The standard InChI is InChI=1S/C15H24N2OS/c1-4-11-10-17(12(5-2)9-16-11)15(18)14-8-7-13(6-3)19-14/h7-8,11-12,16H,4-6,9-10H2,1-3H3. The van der Waals surface area contributed by atoms with E-state index in [9.17, 15) is 4.79 Å². The lowest BCUT2D eigenvalue weighted by molar-refractivity contribution is 0.0581. The number of carbonyl (C=O) groups excluding carboxylic acids is 1. The molecule has 1 fully saturated rings. The van der Waals surface area contributed by atoms with Crippen LogP contribution in [-0.4, -0.2) is 36.0 Å². The molecule has 2 unspecified atom stereocenters. The summed E-state index contributed by atoms with van der Waals surface area (Å²) in [7, 11) is 0. The zero-order chi connectivity index (χ0) is 13.8. The fourth-order valence-corrected chi connectivity index (χ4v) is 3.48. The first-order valence-electron chi connectivity index (χ1n) is 7.32. The van der Waals surface area contributed by atoms with Crippen molar-refractivity contribution in [3.8, 4) is 0 Å². The number of rotatable bonds is 4. The second kappa shape index (κ2) is 6.53. The van der Waals surface area contributed by atoms with E-state index in [2.05, 4.69) is 37.1 Å². The van der Waals surface area contributed by atoms with Crippen LogP contribution in [0.2, 0.25) is 0 Å². The molecule has 1 amide bonds. The summed E-state index contributed by atoms with van der Waals surface area (Å²) in [4.78, 5) is 16.9. The molecule has 0 spiro atoms. The Morgan fingerprint density at radius 1 is 1.37 bits per heavy atom. The van der Waals surface area contributed by atoms with Crippen molar-refractivity contribution in [1.82, 2.24) is 10.2 Å². The molecule has 2 atom stereocenters. The number of aryl methyl sites for hydroxylation is 1. The van der Waals surface area contributed by atoms with Crippen LogP contribution >= 0.6 is 11.3 Å². The van der Waals surface area contributed by atoms with Crippen LogP contribution in [0.3, 0.4) is 0 Å². The first kappa shape index (κ1) is 14.5. The number of carbonyl (C=O) groups is 1. The van der Waals surface area contributed by atoms with E-state index < -0.39 is 0 Å². The SMILES string of the molecule is CCc1ccc(C(=O)N2CC(CC)NCC2CC)s1. The van der Waals surface area contributed by atoms with Crippen LogP contribution in [0.4, 0.5) is 0 Å². The number of nitrogens with zero attached hydrogens (tertiary/aromatic N) is 1. The molecule has 1 aliphatic heterocycles. The summed E-state index contributed by atoms with van der Waals surface area (Å²) in [6, 6.07) is 4.85. The van der Waals surface area contributed by atoms with Crippen LogP contribution < -0.4 is 5.32 Å². The Bertz CT molecular complexity index is 430. The number of hydrogen-bond donors (Lipinski definition) is 1. The van der Waals surface area contributed by atoms with Gasteiger partial charge in [0, 0.05) is 30.1 Å². The highest BCUT2D eigenvalue weighted by Gasteiger charge is 2.30. The zero-order valence-corrected chi connectivity index (χ0v) is 12.9. The average molecular weight is 280 g/mol. The number of amides is 1. The van der Waals surface area contributed by atoms with Gasteiger partial charge in [0.2, 0.25) is 0 Å². The molecule has 0 bridgehead atoms. The summed E-state index contributed by atoms with van der Waals surface area (Å²) < 4.78 is 0. The third kappa shape index (κ3) is 3.18. The Balaban J connectivity index is 2.14. The highest BCUT2D eigenvalue weighted by molar-refractivity contribution is 7.14. The van der Waals surface area contributed by atoms with Crippen molar-refractivity contribution < 1.29 is 4.79 Å². The van der Waals surface area contributed by atoms with Gasteiger partial charge in [0.05, 0.1) is 4.88 Å². The van der Waals surface area contributed by atoms with Crippen LogP contribution in [0.1, 0.15) is 48.2 Å². The topological polar surface area (TPSA) is 32.3 Å². The van der Waals surface area contributed by atoms with Gasteiger partial charge >= 0.3 is 0 Å². The van der Waals surface area contributed by atoms with Gasteiger partial charge in [0.15, 0.2) is 0 Å². The van der Waals surface area contributed by atoms with Gasteiger partial charge in [-0.2, -0.15) is 0 Å². The molecule has 0 aliphatic carbocycles. The summed E-state index contributed by atoms with van der Waals surface area (Å²) in [6.07, 6.45) is 3.10. The molecule has 1 saturated heterocycles.